The minimum atomic E-state index is -0.761. The van der Waals surface area contributed by atoms with E-state index in [1.165, 1.54) is 0 Å². The normalized spacial score (nSPS) is 30.3. The van der Waals surface area contributed by atoms with Crippen molar-refractivity contribution < 1.29 is 34.0 Å². The highest BCUT2D eigenvalue weighted by Crippen LogP contribution is 2.61. The number of nitrogens with one attached hydrogen (secondary N) is 2. The molecule has 2 amide bonds. The van der Waals surface area contributed by atoms with E-state index in [4.69, 9.17) is 37.4 Å². The van der Waals surface area contributed by atoms with Crippen LogP contribution in [0.4, 0.5) is 10.5 Å². The Balaban J connectivity index is 1.25. The first-order valence-corrected chi connectivity index (χ1v) is 14.7. The Morgan fingerprint density at radius 1 is 1.05 bits per heavy atom. The maximum Gasteiger partial charge on any atom is 0.411 e. The summed E-state index contributed by atoms with van der Waals surface area (Å²) in [6, 6.07) is 10.3. The van der Waals surface area contributed by atoms with Crippen molar-refractivity contribution >= 4 is 40.9 Å². The molecule has 222 valence electrons. The topological polar surface area (TPSA) is 126 Å². The molecule has 2 saturated carbocycles. The van der Waals surface area contributed by atoms with Crippen LogP contribution in [0.25, 0.3) is 0 Å². The zero-order valence-corrected chi connectivity index (χ0v) is 24.6. The summed E-state index contributed by atoms with van der Waals surface area (Å²) in [6.45, 7) is 4.34. The molecule has 9 nitrogen and oxygen atoms in total. The number of halogens is 2. The highest BCUT2D eigenvalue weighted by Gasteiger charge is 2.60. The van der Waals surface area contributed by atoms with Gasteiger partial charge in [0, 0.05) is 24.1 Å². The SMILES string of the molecule is C[C@]1(CO)[C@H]2CC[C@@H](O)[C@@H](CC(=O)NCc3ccc4c(c3)OCO4)[C@]2(C)CC[C@H]1OC(=O)Nc1ccc(Cl)c(Cl)c1. The standard InChI is InChI=1S/C30H36Cl2N2O7/c1-29-10-9-26(41-28(38)34-18-4-5-20(31)21(32)12-18)30(2,15-35)25(29)8-6-22(36)19(29)13-27(37)33-14-17-3-7-23-24(11-17)40-16-39-23/h3-5,7,11-12,19,22,25-26,35-36H,6,8-10,13-16H2,1-2H3,(H,33,37)(H,34,38)/t19-,22-,25+,26-,29+,30+/m1/s1. The number of amides is 2. The van der Waals surface area contributed by atoms with Crippen LogP contribution in [0.15, 0.2) is 36.4 Å². The number of carbonyl (C=O) groups excluding carboxylic acids is 2. The molecule has 0 bridgehead atoms. The summed E-state index contributed by atoms with van der Waals surface area (Å²) in [5.74, 6) is 0.797. The van der Waals surface area contributed by atoms with Crippen LogP contribution >= 0.6 is 23.2 Å². The van der Waals surface area contributed by atoms with E-state index >= 15 is 0 Å². The second-order valence-corrected chi connectivity index (χ2v) is 12.6. The number of hydrogen-bond donors (Lipinski definition) is 4. The Bertz CT molecular complexity index is 1310. The molecular weight excluding hydrogens is 571 g/mol. The molecule has 2 aromatic rings. The predicted molar refractivity (Wildman–Crippen MR) is 154 cm³/mol. The number of aliphatic hydroxyl groups excluding tert-OH is 2. The highest BCUT2D eigenvalue weighted by atomic mass is 35.5. The number of rotatable bonds is 7. The van der Waals surface area contributed by atoms with Gasteiger partial charge in [0.2, 0.25) is 12.7 Å². The number of benzene rings is 2. The Morgan fingerprint density at radius 3 is 2.59 bits per heavy atom. The van der Waals surface area contributed by atoms with Gasteiger partial charge in [0.25, 0.3) is 0 Å². The monoisotopic (exact) mass is 606 g/mol. The Hall–Kier alpha value is -2.72. The van der Waals surface area contributed by atoms with Gasteiger partial charge in [-0.2, -0.15) is 0 Å². The van der Waals surface area contributed by atoms with Crippen LogP contribution in [0.3, 0.4) is 0 Å². The average molecular weight is 608 g/mol. The van der Waals surface area contributed by atoms with E-state index in [1.807, 2.05) is 25.1 Å². The Labute approximate surface area is 249 Å². The first kappa shape index (κ1) is 29.8. The number of aliphatic hydroxyl groups is 2. The van der Waals surface area contributed by atoms with Crippen LogP contribution in [0, 0.1) is 22.7 Å². The van der Waals surface area contributed by atoms with Crippen molar-refractivity contribution in [3.05, 3.63) is 52.0 Å². The quantitative estimate of drug-likeness (QED) is 0.326. The molecule has 1 aliphatic heterocycles. The largest absolute Gasteiger partial charge is 0.454 e. The summed E-state index contributed by atoms with van der Waals surface area (Å²) in [7, 11) is 0. The van der Waals surface area contributed by atoms with Gasteiger partial charge in [-0.15, -0.1) is 0 Å². The molecule has 0 aromatic heterocycles. The van der Waals surface area contributed by atoms with Crippen molar-refractivity contribution in [2.24, 2.45) is 22.7 Å². The predicted octanol–water partition coefficient (Wildman–Crippen LogP) is 5.53. The van der Waals surface area contributed by atoms with Crippen molar-refractivity contribution in [2.75, 3.05) is 18.7 Å². The van der Waals surface area contributed by atoms with E-state index in [2.05, 4.69) is 17.6 Å². The number of carbonyl (C=O) groups is 2. The van der Waals surface area contributed by atoms with E-state index in [0.29, 0.717) is 59.5 Å². The van der Waals surface area contributed by atoms with Gasteiger partial charge in [0.1, 0.15) is 6.10 Å². The second-order valence-electron chi connectivity index (χ2n) is 11.8. The van der Waals surface area contributed by atoms with Gasteiger partial charge in [-0.1, -0.05) is 43.1 Å². The third kappa shape index (κ3) is 5.95. The molecule has 3 aliphatic rings. The lowest BCUT2D eigenvalue weighted by Gasteiger charge is -2.60. The van der Waals surface area contributed by atoms with Gasteiger partial charge >= 0.3 is 6.09 Å². The summed E-state index contributed by atoms with van der Waals surface area (Å²) in [5, 5.41) is 28.1. The molecule has 11 heteroatoms. The van der Waals surface area contributed by atoms with Crippen LogP contribution in [0.2, 0.25) is 10.0 Å². The zero-order valence-electron chi connectivity index (χ0n) is 23.1. The molecule has 2 aliphatic carbocycles. The number of fused-ring (bicyclic) bond motifs is 2. The summed E-state index contributed by atoms with van der Waals surface area (Å²) >= 11 is 12.0. The summed E-state index contributed by atoms with van der Waals surface area (Å²) in [5.41, 5.74) is 0.137. The van der Waals surface area contributed by atoms with Crippen LogP contribution in [-0.2, 0) is 16.1 Å². The molecule has 0 radical (unpaired) electrons. The third-order valence-electron chi connectivity index (χ3n) is 9.42. The maximum absolute atomic E-state index is 13.1. The summed E-state index contributed by atoms with van der Waals surface area (Å²) in [4.78, 5) is 26.0. The highest BCUT2D eigenvalue weighted by molar-refractivity contribution is 6.42. The fourth-order valence-corrected chi connectivity index (χ4v) is 7.45. The van der Waals surface area contributed by atoms with Crippen LogP contribution in [-0.4, -0.2) is 47.8 Å². The number of ether oxygens (including phenoxy) is 3. The second kappa shape index (κ2) is 11.9. The first-order valence-electron chi connectivity index (χ1n) is 13.9. The molecule has 5 rings (SSSR count). The molecule has 1 heterocycles. The van der Waals surface area contributed by atoms with E-state index in [0.717, 1.165) is 5.56 Å². The molecule has 0 spiro atoms. The van der Waals surface area contributed by atoms with Crippen LogP contribution < -0.4 is 20.1 Å². The molecule has 2 fully saturated rings. The summed E-state index contributed by atoms with van der Waals surface area (Å²) < 4.78 is 16.6. The average Bonchev–Trinajstić information content (AvgIpc) is 3.41. The fourth-order valence-electron chi connectivity index (χ4n) is 7.15. The van der Waals surface area contributed by atoms with E-state index in [1.54, 1.807) is 18.2 Å². The van der Waals surface area contributed by atoms with Crippen molar-refractivity contribution in [1.82, 2.24) is 5.32 Å². The number of hydrogen-bond acceptors (Lipinski definition) is 7. The van der Waals surface area contributed by atoms with Gasteiger partial charge in [-0.3, -0.25) is 10.1 Å². The summed E-state index contributed by atoms with van der Waals surface area (Å²) in [6.07, 6.45) is 0.581. The van der Waals surface area contributed by atoms with E-state index in [9.17, 15) is 19.8 Å². The molecular formula is C30H36Cl2N2O7. The third-order valence-corrected chi connectivity index (χ3v) is 10.2. The van der Waals surface area contributed by atoms with Crippen molar-refractivity contribution in [3.8, 4) is 11.5 Å². The van der Waals surface area contributed by atoms with E-state index in [-0.39, 0.29) is 37.6 Å². The minimum absolute atomic E-state index is 0.0772. The molecule has 2 aromatic carbocycles. The Kier molecular flexibility index (Phi) is 8.62. The molecule has 0 saturated heterocycles. The van der Waals surface area contributed by atoms with Crippen LogP contribution in [0.5, 0.6) is 11.5 Å². The zero-order chi connectivity index (χ0) is 29.4. The van der Waals surface area contributed by atoms with E-state index < -0.39 is 29.1 Å². The van der Waals surface area contributed by atoms with Gasteiger partial charge in [0.05, 0.1) is 22.8 Å². The van der Waals surface area contributed by atoms with Gasteiger partial charge in [-0.05, 0) is 78.8 Å². The minimum Gasteiger partial charge on any atom is -0.454 e. The maximum atomic E-state index is 13.1. The first-order chi connectivity index (χ1) is 19.5. The molecule has 6 atom stereocenters. The number of anilines is 1. The fraction of sp³-hybridized carbons (Fsp3) is 0.533. The lowest BCUT2D eigenvalue weighted by Crippen LogP contribution is -2.61. The van der Waals surface area contributed by atoms with Crippen molar-refractivity contribution in [1.29, 1.82) is 0 Å². The van der Waals surface area contributed by atoms with Gasteiger partial charge < -0.3 is 29.7 Å². The molecule has 0 unspecified atom stereocenters. The van der Waals surface area contributed by atoms with Crippen molar-refractivity contribution in [2.45, 2.75) is 64.7 Å². The Morgan fingerprint density at radius 2 is 1.83 bits per heavy atom. The lowest BCUT2D eigenvalue weighted by molar-refractivity contribution is -0.185. The van der Waals surface area contributed by atoms with Crippen molar-refractivity contribution in [3.63, 3.8) is 0 Å². The molecule has 41 heavy (non-hydrogen) atoms. The molecule has 4 N–H and O–H groups in total. The van der Waals surface area contributed by atoms with Gasteiger partial charge in [-0.25, -0.2) is 4.79 Å². The van der Waals surface area contributed by atoms with Gasteiger partial charge in [0.15, 0.2) is 11.5 Å². The lowest BCUT2D eigenvalue weighted by atomic mass is 9.46. The smallest absolute Gasteiger partial charge is 0.411 e. The van der Waals surface area contributed by atoms with Crippen LogP contribution in [0.1, 0.15) is 51.5 Å².